The maximum absolute atomic E-state index is 12.5. The Bertz CT molecular complexity index is 1070. The molecule has 5 nitrogen and oxygen atoms in total. The molecular weight excluding hydrogens is 428 g/mol. The maximum atomic E-state index is 12.5. The Kier molecular flexibility index (Phi) is 6.07. The van der Waals surface area contributed by atoms with Crippen molar-refractivity contribution in [3.8, 4) is 0 Å². The monoisotopic (exact) mass is 441 g/mol. The molecule has 0 N–H and O–H groups in total. The minimum atomic E-state index is -3.22. The zero-order valence-corrected chi connectivity index (χ0v) is 17.4. The lowest BCUT2D eigenvalue weighted by Gasteiger charge is -2.17. The molecule has 0 radical (unpaired) electrons. The van der Waals surface area contributed by atoms with Crippen LogP contribution in [0.25, 0.3) is 17.3 Å². The molecule has 9 heteroatoms. The molecule has 27 heavy (non-hydrogen) atoms. The number of aryl methyl sites for hydroxylation is 1. The van der Waals surface area contributed by atoms with Crippen LogP contribution < -0.4 is 0 Å². The average Bonchev–Trinajstić information content (AvgIpc) is 3.04. The fourth-order valence-corrected chi connectivity index (χ4v) is 2.99. The third kappa shape index (κ3) is 4.80. The van der Waals surface area contributed by atoms with Gasteiger partial charge in [-0.15, -0.1) is 10.2 Å². The van der Waals surface area contributed by atoms with Gasteiger partial charge in [0.05, 0.1) is 5.69 Å². The van der Waals surface area contributed by atoms with Gasteiger partial charge in [-0.1, -0.05) is 43.3 Å². The number of nitrogens with zero attached hydrogens (tertiary/aromatic N) is 3. The van der Waals surface area contributed by atoms with Gasteiger partial charge in [-0.05, 0) is 57.0 Å². The molecule has 0 saturated heterocycles. The second-order valence-electron chi connectivity index (χ2n) is 5.83. The highest BCUT2D eigenvalue weighted by Gasteiger charge is 2.22. The van der Waals surface area contributed by atoms with Crippen LogP contribution in [-0.2, 0) is 22.2 Å². The van der Waals surface area contributed by atoms with Gasteiger partial charge in [0.15, 0.2) is 11.4 Å². The second kappa shape index (κ2) is 8.15. The van der Waals surface area contributed by atoms with Gasteiger partial charge in [-0.3, -0.25) is 13.8 Å². The molecule has 0 atom stereocenters. The van der Waals surface area contributed by atoms with Crippen LogP contribution in [0.15, 0.2) is 42.5 Å². The largest absolute Gasteiger partial charge is 0.339 e. The lowest BCUT2D eigenvalue weighted by molar-refractivity contribution is -0.113. The fraction of sp³-hybridized carbons (Fsp3) is 0.167. The van der Waals surface area contributed by atoms with Crippen molar-refractivity contribution in [3.05, 3.63) is 65.1 Å². The van der Waals surface area contributed by atoms with Gasteiger partial charge in [0.25, 0.3) is 0 Å². The van der Waals surface area contributed by atoms with Gasteiger partial charge in [0, 0.05) is 18.4 Å². The average molecular weight is 443 g/mol. The minimum absolute atomic E-state index is 0.157. The number of ketones is 1. The molecule has 1 aliphatic rings. The van der Waals surface area contributed by atoms with Gasteiger partial charge in [-0.25, -0.2) is 0 Å². The minimum Gasteiger partial charge on any atom is -0.294 e. The van der Waals surface area contributed by atoms with Crippen molar-refractivity contribution in [2.45, 2.75) is 19.8 Å². The maximum Gasteiger partial charge on any atom is 0.339 e. The molecule has 140 valence electrons. The highest BCUT2D eigenvalue weighted by atomic mass is 36.0. The number of rotatable bonds is 2. The first kappa shape index (κ1) is 20.1. The number of benzene rings is 1. The van der Waals surface area contributed by atoms with E-state index in [4.69, 9.17) is 0 Å². The summed E-state index contributed by atoms with van der Waals surface area (Å²) in [4.78, 5) is 12.5. The first-order chi connectivity index (χ1) is 12.8. The zero-order valence-electron chi connectivity index (χ0n) is 14.3. The summed E-state index contributed by atoms with van der Waals surface area (Å²) in [6, 6.07) is 13.7. The van der Waals surface area contributed by atoms with Crippen LogP contribution in [0, 0.1) is 0 Å². The smallest absolute Gasteiger partial charge is 0.294 e. The first-order valence-corrected chi connectivity index (χ1v) is 12.6. The number of pyridine rings is 1. The number of allylic oxidation sites excluding steroid dienone is 1. The van der Waals surface area contributed by atoms with E-state index in [0.717, 1.165) is 40.3 Å². The molecule has 0 amide bonds. The number of fused-ring (bicyclic) bond motifs is 3. The molecule has 0 aliphatic heterocycles. The molecule has 2 aromatic heterocycles. The van der Waals surface area contributed by atoms with Gasteiger partial charge >= 0.3 is 5.20 Å². The van der Waals surface area contributed by atoms with Crippen molar-refractivity contribution < 1.29 is 9.36 Å². The summed E-state index contributed by atoms with van der Waals surface area (Å²) in [6.07, 6.45) is 3.21. The highest BCUT2D eigenvalue weighted by Crippen LogP contribution is 2.61. The van der Waals surface area contributed by atoms with E-state index >= 15 is 0 Å². The topological polar surface area (TPSA) is 64.3 Å². The van der Waals surface area contributed by atoms with Gasteiger partial charge in [0.1, 0.15) is 5.82 Å². The Morgan fingerprint density at radius 3 is 2.37 bits per heavy atom. The summed E-state index contributed by atoms with van der Waals surface area (Å²) in [5.41, 5.74) is 4.61. The Labute approximate surface area is 170 Å². The van der Waals surface area contributed by atoms with Crippen molar-refractivity contribution in [2.75, 3.05) is 0 Å². The third-order valence-electron chi connectivity index (χ3n) is 4.09. The number of Topliss-reactive ketones (excluding diaryl/α,β-unsaturated/α-hetero) is 1. The molecule has 2 heterocycles. The summed E-state index contributed by atoms with van der Waals surface area (Å²) in [6.45, 7) is 2.06. The predicted molar refractivity (Wildman–Crippen MR) is 111 cm³/mol. The Balaban J connectivity index is 0.000000376. The standard InChI is InChI=1S/C18H15N3O.Cl3OP/c1-2-17-19-20-18-9-8-13-10-16(22)14(11-15(13)21(17)18)12-6-4-3-5-7-12;1-5(2,3)4/h3-9,11H,2,10H2,1H3;. The highest BCUT2D eigenvalue weighted by molar-refractivity contribution is 8.24. The SMILES string of the molecule is CCc1nnc2ccc3c(n12)C=C(c1ccccc1)C(=O)C3.O=P(Cl)(Cl)Cl. The van der Waals surface area contributed by atoms with E-state index in [1.165, 1.54) is 0 Å². The van der Waals surface area contributed by atoms with Crippen LogP contribution in [0.5, 0.6) is 0 Å². The van der Waals surface area contributed by atoms with E-state index in [2.05, 4.69) is 55.2 Å². The summed E-state index contributed by atoms with van der Waals surface area (Å²) in [5.74, 6) is 1.08. The van der Waals surface area contributed by atoms with Crippen LogP contribution in [-0.4, -0.2) is 20.4 Å². The van der Waals surface area contributed by atoms with Gasteiger partial charge in [-0.2, -0.15) is 0 Å². The van der Waals surface area contributed by atoms with Crippen LogP contribution in [0.2, 0.25) is 0 Å². The van der Waals surface area contributed by atoms with Crippen molar-refractivity contribution in [3.63, 3.8) is 0 Å². The van der Waals surface area contributed by atoms with Crippen molar-refractivity contribution in [1.29, 1.82) is 0 Å². The molecule has 0 saturated carbocycles. The lowest BCUT2D eigenvalue weighted by Crippen LogP contribution is -2.14. The molecule has 4 rings (SSSR count). The van der Waals surface area contributed by atoms with E-state index < -0.39 is 5.20 Å². The van der Waals surface area contributed by atoms with E-state index in [9.17, 15) is 9.36 Å². The molecule has 3 aromatic rings. The van der Waals surface area contributed by atoms with Crippen molar-refractivity contribution >= 4 is 62.0 Å². The lowest BCUT2D eigenvalue weighted by atomic mass is 9.90. The molecule has 0 fully saturated rings. The molecule has 0 spiro atoms. The molecule has 0 bridgehead atoms. The number of carbonyl (C=O) groups is 1. The summed E-state index contributed by atoms with van der Waals surface area (Å²) >= 11 is 13.8. The normalized spacial score (nSPS) is 13.6. The predicted octanol–water partition coefficient (Wildman–Crippen LogP) is 5.77. The zero-order chi connectivity index (χ0) is 19.6. The summed E-state index contributed by atoms with van der Waals surface area (Å²) < 4.78 is 11.6. The molecule has 0 unspecified atom stereocenters. The molecule has 1 aromatic carbocycles. The van der Waals surface area contributed by atoms with Crippen LogP contribution in [0.3, 0.4) is 0 Å². The van der Waals surface area contributed by atoms with Crippen LogP contribution >= 0.6 is 38.9 Å². The van der Waals surface area contributed by atoms with Gasteiger partial charge < -0.3 is 0 Å². The van der Waals surface area contributed by atoms with E-state index in [1.54, 1.807) is 0 Å². The number of halogens is 3. The number of hydrogen-bond acceptors (Lipinski definition) is 4. The quantitative estimate of drug-likeness (QED) is 0.473. The molecule has 1 aliphatic carbocycles. The number of carbonyl (C=O) groups excluding carboxylic acids is 1. The Morgan fingerprint density at radius 2 is 1.74 bits per heavy atom. The third-order valence-corrected chi connectivity index (χ3v) is 4.09. The van der Waals surface area contributed by atoms with E-state index in [-0.39, 0.29) is 5.78 Å². The number of hydrogen-bond donors (Lipinski definition) is 0. The van der Waals surface area contributed by atoms with E-state index in [1.807, 2.05) is 48.5 Å². The van der Waals surface area contributed by atoms with Crippen molar-refractivity contribution in [2.24, 2.45) is 0 Å². The Hall–Kier alpha value is -1.65. The summed E-state index contributed by atoms with van der Waals surface area (Å²) in [7, 11) is 0. The first-order valence-electron chi connectivity index (χ1n) is 8.13. The van der Waals surface area contributed by atoms with Crippen molar-refractivity contribution in [1.82, 2.24) is 14.6 Å². The second-order valence-corrected chi connectivity index (χ2v) is 12.5. The van der Waals surface area contributed by atoms with E-state index in [0.29, 0.717) is 6.42 Å². The Morgan fingerprint density at radius 1 is 1.07 bits per heavy atom. The van der Waals surface area contributed by atoms with Gasteiger partial charge in [0.2, 0.25) is 0 Å². The molecular formula is C18H15Cl3N3O2P. The summed E-state index contributed by atoms with van der Waals surface area (Å²) in [5, 5.41) is 5.23. The number of aromatic nitrogens is 3. The van der Waals surface area contributed by atoms with Crippen LogP contribution in [0.4, 0.5) is 0 Å². The fourth-order valence-electron chi connectivity index (χ4n) is 2.99. The van der Waals surface area contributed by atoms with Crippen LogP contribution in [0.1, 0.15) is 29.6 Å².